The highest BCUT2D eigenvalue weighted by molar-refractivity contribution is 7.10. The highest BCUT2D eigenvalue weighted by atomic mass is 32.1. The third-order valence-electron chi connectivity index (χ3n) is 5.32. The molecule has 1 aliphatic rings. The molecule has 8 heteroatoms. The number of carbonyl (C=O) groups is 2. The first-order chi connectivity index (χ1) is 15.1. The normalized spacial score (nSPS) is 15.9. The average Bonchev–Trinajstić information content (AvgIpc) is 3.55. The van der Waals surface area contributed by atoms with E-state index in [1.807, 2.05) is 46.0 Å². The van der Waals surface area contributed by atoms with Gasteiger partial charge in [0.2, 0.25) is 11.8 Å². The van der Waals surface area contributed by atoms with Crippen molar-refractivity contribution in [3.8, 4) is 11.5 Å². The molecule has 0 bridgehead atoms. The number of amides is 2. The molecule has 2 amide bonds. The van der Waals surface area contributed by atoms with E-state index in [1.54, 1.807) is 53.9 Å². The minimum Gasteiger partial charge on any atom is -0.493 e. The van der Waals surface area contributed by atoms with Crippen molar-refractivity contribution in [1.29, 1.82) is 0 Å². The van der Waals surface area contributed by atoms with Gasteiger partial charge < -0.3 is 19.3 Å². The Bertz CT molecular complexity index is 998. The predicted molar refractivity (Wildman–Crippen MR) is 123 cm³/mol. The fourth-order valence-electron chi connectivity index (χ4n) is 3.77. The minimum absolute atomic E-state index is 0.0122. The molecule has 0 saturated carbocycles. The van der Waals surface area contributed by atoms with Crippen LogP contribution in [0.5, 0.6) is 11.5 Å². The first-order valence-electron chi connectivity index (χ1n) is 9.95. The van der Waals surface area contributed by atoms with Gasteiger partial charge in [-0.05, 0) is 35.0 Å². The fraction of sp³-hybridized carbons (Fsp3) is 0.304. The van der Waals surface area contributed by atoms with Crippen LogP contribution < -0.4 is 14.4 Å². The van der Waals surface area contributed by atoms with Crippen molar-refractivity contribution in [1.82, 2.24) is 4.90 Å². The van der Waals surface area contributed by atoms with Gasteiger partial charge in [0.05, 0.1) is 33.2 Å². The maximum Gasteiger partial charge on any atom is 0.228 e. The average molecular weight is 457 g/mol. The standard InChI is InChI=1S/C23H24N2O4S2/c1-28-20-8-7-17(12-21(20)29-2)25-13-16(11-22(25)26)23(27)24(14-18-5-3-9-30-18)15-19-6-4-10-31-19/h3-10,12,16H,11,13-15H2,1-2H3. The van der Waals surface area contributed by atoms with E-state index in [2.05, 4.69) is 0 Å². The van der Waals surface area contributed by atoms with Crippen LogP contribution in [0.3, 0.4) is 0 Å². The molecule has 1 atom stereocenters. The van der Waals surface area contributed by atoms with Crippen molar-refractivity contribution in [3.05, 3.63) is 63.0 Å². The second-order valence-corrected chi connectivity index (χ2v) is 9.36. The van der Waals surface area contributed by atoms with Crippen LogP contribution in [-0.4, -0.2) is 37.5 Å². The Morgan fingerprint density at radius 1 is 1.03 bits per heavy atom. The Labute approximate surface area is 189 Å². The van der Waals surface area contributed by atoms with E-state index in [-0.39, 0.29) is 24.2 Å². The number of carbonyl (C=O) groups excluding carboxylic acids is 2. The van der Waals surface area contributed by atoms with Crippen LogP contribution in [0.25, 0.3) is 0 Å². The largest absolute Gasteiger partial charge is 0.493 e. The van der Waals surface area contributed by atoms with Crippen LogP contribution in [0, 0.1) is 5.92 Å². The number of hydrogen-bond acceptors (Lipinski definition) is 6. The summed E-state index contributed by atoms with van der Waals surface area (Å²) in [6.07, 6.45) is 0.207. The number of nitrogens with zero attached hydrogens (tertiary/aromatic N) is 2. The monoisotopic (exact) mass is 456 g/mol. The Kier molecular flexibility index (Phi) is 6.58. The van der Waals surface area contributed by atoms with Crippen molar-refractivity contribution < 1.29 is 19.1 Å². The first kappa shape index (κ1) is 21.4. The topological polar surface area (TPSA) is 59.1 Å². The summed E-state index contributed by atoms with van der Waals surface area (Å²) in [5.74, 6) is 0.736. The summed E-state index contributed by atoms with van der Waals surface area (Å²) >= 11 is 3.27. The number of methoxy groups -OCH3 is 2. The van der Waals surface area contributed by atoms with Gasteiger partial charge in [0.25, 0.3) is 0 Å². The molecule has 162 valence electrons. The van der Waals surface area contributed by atoms with Gasteiger partial charge >= 0.3 is 0 Å². The van der Waals surface area contributed by atoms with Crippen LogP contribution in [0.1, 0.15) is 16.2 Å². The summed E-state index contributed by atoms with van der Waals surface area (Å²) in [6.45, 7) is 1.46. The third-order valence-corrected chi connectivity index (χ3v) is 7.04. The van der Waals surface area contributed by atoms with E-state index in [4.69, 9.17) is 9.47 Å². The van der Waals surface area contributed by atoms with Crippen LogP contribution in [0.2, 0.25) is 0 Å². The summed E-state index contributed by atoms with van der Waals surface area (Å²) in [6, 6.07) is 13.4. The van der Waals surface area contributed by atoms with E-state index >= 15 is 0 Å². The summed E-state index contributed by atoms with van der Waals surface area (Å²) in [4.78, 5) is 32.0. The van der Waals surface area contributed by atoms with Crippen molar-refractivity contribution in [2.24, 2.45) is 5.92 Å². The van der Waals surface area contributed by atoms with Gasteiger partial charge in [0.1, 0.15) is 0 Å². The lowest BCUT2D eigenvalue weighted by Gasteiger charge is -2.25. The highest BCUT2D eigenvalue weighted by Gasteiger charge is 2.37. The lowest BCUT2D eigenvalue weighted by molar-refractivity contribution is -0.137. The smallest absolute Gasteiger partial charge is 0.228 e. The molecule has 0 radical (unpaired) electrons. The fourth-order valence-corrected chi connectivity index (χ4v) is 5.21. The molecule has 1 unspecified atom stereocenters. The maximum atomic E-state index is 13.5. The van der Waals surface area contributed by atoms with Gasteiger partial charge in [-0.15, -0.1) is 22.7 Å². The molecule has 1 fully saturated rings. The van der Waals surface area contributed by atoms with Gasteiger partial charge in [-0.3, -0.25) is 9.59 Å². The van der Waals surface area contributed by atoms with Gasteiger partial charge in [-0.2, -0.15) is 0 Å². The number of ether oxygens (including phenoxy) is 2. The van der Waals surface area contributed by atoms with Gasteiger partial charge in [-0.1, -0.05) is 12.1 Å². The van der Waals surface area contributed by atoms with E-state index in [0.717, 1.165) is 9.75 Å². The predicted octanol–water partition coefficient (Wildman–Crippen LogP) is 4.41. The Morgan fingerprint density at radius 3 is 2.23 bits per heavy atom. The van der Waals surface area contributed by atoms with Crippen molar-refractivity contribution in [2.75, 3.05) is 25.7 Å². The number of anilines is 1. The number of rotatable bonds is 8. The molecule has 0 N–H and O–H groups in total. The highest BCUT2D eigenvalue weighted by Crippen LogP contribution is 2.34. The van der Waals surface area contributed by atoms with Gasteiger partial charge in [0, 0.05) is 34.5 Å². The molecule has 0 spiro atoms. The zero-order valence-electron chi connectivity index (χ0n) is 17.4. The molecule has 0 aliphatic carbocycles. The van der Waals surface area contributed by atoms with E-state index < -0.39 is 0 Å². The second kappa shape index (κ2) is 9.53. The SMILES string of the molecule is COc1ccc(N2CC(C(=O)N(Cc3cccs3)Cc3cccs3)CC2=O)cc1OC. The first-order valence-corrected chi connectivity index (χ1v) is 11.7. The second-order valence-electron chi connectivity index (χ2n) is 7.30. The summed E-state index contributed by atoms with van der Waals surface area (Å²) in [5, 5.41) is 4.03. The Hall–Kier alpha value is -2.84. The molecule has 2 aromatic heterocycles. The lowest BCUT2D eigenvalue weighted by atomic mass is 10.1. The summed E-state index contributed by atoms with van der Waals surface area (Å²) in [5.41, 5.74) is 0.709. The summed E-state index contributed by atoms with van der Waals surface area (Å²) < 4.78 is 10.6. The molecule has 1 aliphatic heterocycles. The Morgan fingerprint density at radius 2 is 1.68 bits per heavy atom. The van der Waals surface area contributed by atoms with Crippen molar-refractivity contribution in [3.63, 3.8) is 0 Å². The zero-order chi connectivity index (χ0) is 21.8. The van der Waals surface area contributed by atoms with Crippen molar-refractivity contribution in [2.45, 2.75) is 19.5 Å². The number of thiophene rings is 2. The van der Waals surface area contributed by atoms with E-state index in [1.165, 1.54) is 0 Å². The van der Waals surface area contributed by atoms with Gasteiger partial charge in [0.15, 0.2) is 11.5 Å². The third kappa shape index (κ3) is 4.75. The molecule has 3 heterocycles. The molecule has 6 nitrogen and oxygen atoms in total. The minimum atomic E-state index is -0.375. The van der Waals surface area contributed by atoms with Crippen molar-refractivity contribution >= 4 is 40.2 Å². The lowest BCUT2D eigenvalue weighted by Crippen LogP contribution is -2.36. The summed E-state index contributed by atoms with van der Waals surface area (Å²) in [7, 11) is 3.13. The molecule has 31 heavy (non-hydrogen) atoms. The molecular formula is C23H24N2O4S2. The maximum absolute atomic E-state index is 13.5. The van der Waals surface area contributed by atoms with Crippen LogP contribution in [-0.2, 0) is 22.7 Å². The molecule has 1 aromatic carbocycles. The molecule has 1 saturated heterocycles. The molecular weight excluding hydrogens is 432 g/mol. The zero-order valence-corrected chi connectivity index (χ0v) is 19.1. The van der Waals surface area contributed by atoms with E-state index in [9.17, 15) is 9.59 Å². The van der Waals surface area contributed by atoms with Crippen LogP contribution >= 0.6 is 22.7 Å². The molecule has 4 rings (SSSR count). The van der Waals surface area contributed by atoms with Crippen LogP contribution in [0.4, 0.5) is 5.69 Å². The van der Waals surface area contributed by atoms with Crippen LogP contribution in [0.15, 0.2) is 53.2 Å². The van der Waals surface area contributed by atoms with Gasteiger partial charge in [-0.25, -0.2) is 0 Å². The quantitative estimate of drug-likeness (QED) is 0.504. The number of benzene rings is 1. The number of hydrogen-bond donors (Lipinski definition) is 0. The molecule has 3 aromatic rings. The Balaban J connectivity index is 1.52. The van der Waals surface area contributed by atoms with E-state index in [0.29, 0.717) is 36.8 Å².